The highest BCUT2D eigenvalue weighted by Crippen LogP contribution is 2.30. The number of likely N-dealkylation sites (tertiary alicyclic amines) is 1. The third-order valence-electron chi connectivity index (χ3n) is 5.82. The van der Waals surface area contributed by atoms with Crippen molar-refractivity contribution in [3.8, 4) is 11.1 Å². The maximum absolute atomic E-state index is 13.1. The average molecular weight is 412 g/mol. The lowest BCUT2D eigenvalue weighted by molar-refractivity contribution is 0.0785. The van der Waals surface area contributed by atoms with Gasteiger partial charge < -0.3 is 15.0 Å². The number of aryl methyl sites for hydroxylation is 2. The van der Waals surface area contributed by atoms with Crippen LogP contribution in [-0.4, -0.2) is 43.2 Å². The summed E-state index contributed by atoms with van der Waals surface area (Å²) in [5, 5.41) is 0. The lowest BCUT2D eigenvalue weighted by Gasteiger charge is -2.16. The van der Waals surface area contributed by atoms with Gasteiger partial charge in [-0.25, -0.2) is 9.97 Å². The number of imidazole rings is 1. The first kappa shape index (κ1) is 19.2. The smallest absolute Gasteiger partial charge is 0.274 e. The first-order valence-electron chi connectivity index (χ1n) is 10.4. The first-order valence-corrected chi connectivity index (χ1v) is 10.4. The van der Waals surface area contributed by atoms with Gasteiger partial charge in [-0.1, -0.05) is 0 Å². The quantitative estimate of drug-likeness (QED) is 0.555. The summed E-state index contributed by atoms with van der Waals surface area (Å²) in [5.74, 6) is 0.671. The number of aromatic nitrogens is 4. The molecule has 156 valence electrons. The Kier molecular flexibility index (Phi) is 4.66. The molecule has 1 atom stereocenters. The van der Waals surface area contributed by atoms with Crippen LogP contribution in [0.5, 0.6) is 0 Å². The number of rotatable bonds is 3. The van der Waals surface area contributed by atoms with Gasteiger partial charge in [0.1, 0.15) is 17.2 Å². The minimum Gasteiger partial charge on any atom is -0.384 e. The number of pyridine rings is 3. The fraction of sp³-hybridized carbons (Fsp3) is 0.250. The molecule has 0 spiro atoms. The first-order chi connectivity index (χ1) is 15.0. The van der Waals surface area contributed by atoms with Gasteiger partial charge >= 0.3 is 0 Å². The fourth-order valence-electron chi connectivity index (χ4n) is 4.18. The van der Waals surface area contributed by atoms with Crippen LogP contribution in [0.25, 0.3) is 16.8 Å². The van der Waals surface area contributed by atoms with Crippen LogP contribution in [0.4, 0.5) is 5.82 Å². The van der Waals surface area contributed by atoms with Crippen molar-refractivity contribution >= 4 is 17.4 Å². The van der Waals surface area contributed by atoms with Gasteiger partial charge in [0, 0.05) is 54.5 Å². The number of carbonyl (C=O) groups is 1. The second kappa shape index (κ2) is 7.50. The highest BCUT2D eigenvalue weighted by Gasteiger charge is 2.30. The Morgan fingerprint density at radius 1 is 1.10 bits per heavy atom. The molecule has 7 heteroatoms. The van der Waals surface area contributed by atoms with Gasteiger partial charge in [-0.15, -0.1) is 0 Å². The Hall–Kier alpha value is -3.74. The highest BCUT2D eigenvalue weighted by molar-refractivity contribution is 5.93. The number of nitrogens with zero attached hydrogens (tertiary/aromatic N) is 5. The van der Waals surface area contributed by atoms with E-state index in [2.05, 4.69) is 16.0 Å². The molecule has 0 radical (unpaired) electrons. The zero-order valence-electron chi connectivity index (χ0n) is 17.6. The van der Waals surface area contributed by atoms with Crippen LogP contribution >= 0.6 is 0 Å². The van der Waals surface area contributed by atoms with Crippen molar-refractivity contribution in [3.05, 3.63) is 77.6 Å². The summed E-state index contributed by atoms with van der Waals surface area (Å²) in [7, 11) is 0. The SMILES string of the molecule is Cc1ccn2cc(C(=O)N3CC[C@H](c4cc(-c5ccc(N)nc5)cc(C)n4)C3)nc2c1. The standard InChI is InChI=1S/C24H24N6O/c1-15-5-7-29-14-21(28-23(29)9-15)24(31)30-8-6-18(13-30)20-11-19(10-16(2)27-20)17-3-4-22(25)26-12-17/h3-5,7,9-12,14,18H,6,8,13H2,1-2H3,(H2,25,26)/t18-/m0/s1. The molecule has 0 saturated carbocycles. The number of amides is 1. The molecule has 31 heavy (non-hydrogen) atoms. The van der Waals surface area contributed by atoms with Crippen molar-refractivity contribution in [2.75, 3.05) is 18.8 Å². The largest absolute Gasteiger partial charge is 0.384 e. The summed E-state index contributed by atoms with van der Waals surface area (Å²) < 4.78 is 1.89. The monoisotopic (exact) mass is 412 g/mol. The number of nitrogens with two attached hydrogens (primary N) is 1. The van der Waals surface area contributed by atoms with Crippen molar-refractivity contribution in [3.63, 3.8) is 0 Å². The van der Waals surface area contributed by atoms with E-state index >= 15 is 0 Å². The van der Waals surface area contributed by atoms with Crippen LogP contribution < -0.4 is 5.73 Å². The van der Waals surface area contributed by atoms with Crippen molar-refractivity contribution in [2.24, 2.45) is 0 Å². The van der Waals surface area contributed by atoms with E-state index < -0.39 is 0 Å². The van der Waals surface area contributed by atoms with Crippen LogP contribution in [-0.2, 0) is 0 Å². The van der Waals surface area contributed by atoms with E-state index in [4.69, 9.17) is 10.7 Å². The van der Waals surface area contributed by atoms with Crippen LogP contribution in [0.3, 0.4) is 0 Å². The van der Waals surface area contributed by atoms with Gasteiger partial charge in [-0.3, -0.25) is 9.78 Å². The third kappa shape index (κ3) is 3.74. The number of carbonyl (C=O) groups excluding carboxylic acids is 1. The molecule has 0 unspecified atom stereocenters. The molecule has 1 saturated heterocycles. The van der Waals surface area contributed by atoms with E-state index in [0.717, 1.165) is 40.1 Å². The van der Waals surface area contributed by atoms with Crippen molar-refractivity contribution in [1.29, 1.82) is 0 Å². The maximum atomic E-state index is 13.1. The molecule has 1 amide bonds. The molecule has 1 fully saturated rings. The van der Waals surface area contributed by atoms with E-state index in [9.17, 15) is 4.79 Å². The van der Waals surface area contributed by atoms with Gasteiger partial charge in [-0.2, -0.15) is 0 Å². The van der Waals surface area contributed by atoms with E-state index in [1.54, 1.807) is 12.3 Å². The topological polar surface area (TPSA) is 89.4 Å². The Morgan fingerprint density at radius 3 is 2.77 bits per heavy atom. The van der Waals surface area contributed by atoms with Gasteiger partial charge in [0.05, 0.1) is 0 Å². The summed E-state index contributed by atoms with van der Waals surface area (Å²) in [6.07, 6.45) is 6.41. The van der Waals surface area contributed by atoms with E-state index in [-0.39, 0.29) is 11.8 Å². The second-order valence-electron chi connectivity index (χ2n) is 8.23. The molecule has 2 N–H and O–H groups in total. The normalized spacial score (nSPS) is 16.2. The summed E-state index contributed by atoms with van der Waals surface area (Å²) in [5.41, 5.74) is 12.1. The molecule has 1 aliphatic heterocycles. The Morgan fingerprint density at radius 2 is 1.97 bits per heavy atom. The van der Waals surface area contributed by atoms with Crippen LogP contribution in [0.15, 0.2) is 55.0 Å². The third-order valence-corrected chi connectivity index (χ3v) is 5.82. The second-order valence-corrected chi connectivity index (χ2v) is 8.23. The Balaban J connectivity index is 1.37. The molecule has 7 nitrogen and oxygen atoms in total. The molecule has 0 aliphatic carbocycles. The van der Waals surface area contributed by atoms with Crippen molar-refractivity contribution in [1.82, 2.24) is 24.3 Å². The van der Waals surface area contributed by atoms with Crippen molar-refractivity contribution < 1.29 is 4.79 Å². The summed E-state index contributed by atoms with van der Waals surface area (Å²) >= 11 is 0. The molecule has 0 aromatic carbocycles. The van der Waals surface area contributed by atoms with E-state index in [0.29, 0.717) is 24.6 Å². The number of fused-ring (bicyclic) bond motifs is 1. The molecular weight excluding hydrogens is 388 g/mol. The molecule has 4 aromatic heterocycles. The Labute approximate surface area is 180 Å². The minimum absolute atomic E-state index is 0.0283. The van der Waals surface area contributed by atoms with Crippen LogP contribution in [0.2, 0.25) is 0 Å². The molecule has 4 aromatic rings. The zero-order valence-corrected chi connectivity index (χ0v) is 17.6. The lowest BCUT2D eigenvalue weighted by atomic mass is 9.99. The lowest BCUT2D eigenvalue weighted by Crippen LogP contribution is -2.28. The highest BCUT2D eigenvalue weighted by atomic mass is 16.2. The number of hydrogen-bond acceptors (Lipinski definition) is 5. The zero-order chi connectivity index (χ0) is 21.5. The van der Waals surface area contributed by atoms with Crippen LogP contribution in [0.1, 0.15) is 39.8 Å². The van der Waals surface area contributed by atoms with E-state index in [1.165, 1.54) is 0 Å². The Bertz CT molecular complexity index is 1280. The van der Waals surface area contributed by atoms with Crippen LogP contribution in [0, 0.1) is 13.8 Å². The number of anilines is 1. The molecule has 5 heterocycles. The van der Waals surface area contributed by atoms with E-state index in [1.807, 2.05) is 59.8 Å². The molecular formula is C24H24N6O. The van der Waals surface area contributed by atoms with Gasteiger partial charge in [-0.05, 0) is 67.8 Å². The predicted octanol–water partition coefficient (Wildman–Crippen LogP) is 3.62. The molecule has 0 bridgehead atoms. The van der Waals surface area contributed by atoms with Gasteiger partial charge in [0.15, 0.2) is 0 Å². The van der Waals surface area contributed by atoms with Gasteiger partial charge in [0.2, 0.25) is 0 Å². The minimum atomic E-state index is -0.0283. The average Bonchev–Trinajstić information content (AvgIpc) is 3.40. The summed E-state index contributed by atoms with van der Waals surface area (Å²) in [6.45, 7) is 5.35. The predicted molar refractivity (Wildman–Crippen MR) is 120 cm³/mol. The fourth-order valence-corrected chi connectivity index (χ4v) is 4.18. The van der Waals surface area contributed by atoms with Gasteiger partial charge in [0.25, 0.3) is 5.91 Å². The summed E-state index contributed by atoms with van der Waals surface area (Å²) in [6, 6.07) is 11.9. The van der Waals surface area contributed by atoms with Crippen molar-refractivity contribution in [2.45, 2.75) is 26.2 Å². The molecule has 5 rings (SSSR count). The maximum Gasteiger partial charge on any atom is 0.274 e. The number of hydrogen-bond donors (Lipinski definition) is 1. The number of nitrogen functional groups attached to an aromatic ring is 1. The molecule has 1 aliphatic rings. The summed E-state index contributed by atoms with van der Waals surface area (Å²) in [4.78, 5) is 28.5.